The smallest absolute Gasteiger partial charge is 0.0443 e. The van der Waals surface area contributed by atoms with Crippen LogP contribution < -0.4 is 5.73 Å². The van der Waals surface area contributed by atoms with Crippen molar-refractivity contribution in [2.24, 2.45) is 11.7 Å². The van der Waals surface area contributed by atoms with Gasteiger partial charge < -0.3 is 5.73 Å². The normalized spacial score (nSPS) is 25.0. The molecular weight excluding hydrogens is 244 g/mol. The summed E-state index contributed by atoms with van der Waals surface area (Å²) in [6.07, 6.45) is 1.14. The molecule has 0 spiro atoms. The highest BCUT2D eigenvalue weighted by molar-refractivity contribution is 6.31. The predicted molar refractivity (Wildman–Crippen MR) is 78.1 cm³/mol. The third kappa shape index (κ3) is 2.71. The van der Waals surface area contributed by atoms with E-state index in [1.807, 2.05) is 0 Å². The largest absolute Gasteiger partial charge is 0.330 e. The van der Waals surface area contributed by atoms with E-state index in [2.05, 4.69) is 44.0 Å². The van der Waals surface area contributed by atoms with E-state index in [9.17, 15) is 0 Å². The van der Waals surface area contributed by atoms with Crippen molar-refractivity contribution in [3.05, 3.63) is 34.3 Å². The minimum atomic E-state index is 0.470. The maximum atomic E-state index is 6.38. The lowest BCUT2D eigenvalue weighted by Gasteiger charge is -2.21. The molecule has 2 nitrogen and oxygen atoms in total. The number of hydrogen-bond donors (Lipinski definition) is 1. The number of rotatable bonds is 3. The number of hydrogen-bond acceptors (Lipinski definition) is 2. The van der Waals surface area contributed by atoms with Crippen molar-refractivity contribution in [2.45, 2.75) is 32.2 Å². The molecule has 2 unspecified atom stereocenters. The molecule has 3 heteroatoms. The Morgan fingerprint density at radius 2 is 2.17 bits per heavy atom. The van der Waals surface area contributed by atoms with Crippen LogP contribution in [-0.2, 0) is 0 Å². The van der Waals surface area contributed by atoms with Crippen LogP contribution in [-0.4, -0.2) is 25.0 Å². The fraction of sp³-hybridized carbons (Fsp3) is 0.600. The molecule has 2 N–H and O–H groups in total. The van der Waals surface area contributed by atoms with E-state index < -0.39 is 0 Å². The standard InChI is InChI=1S/C15H23ClN2/c1-10(2)13-5-4-12(7-14(13)16)15-6-11(8-17)9-18(15)3/h4-5,7,10-11,15H,6,8-9,17H2,1-3H3. The lowest BCUT2D eigenvalue weighted by molar-refractivity contribution is 0.313. The Morgan fingerprint density at radius 1 is 1.44 bits per heavy atom. The maximum absolute atomic E-state index is 6.38. The minimum Gasteiger partial charge on any atom is -0.330 e. The van der Waals surface area contributed by atoms with Crippen molar-refractivity contribution in [3.8, 4) is 0 Å². The second kappa shape index (κ2) is 5.60. The highest BCUT2D eigenvalue weighted by atomic mass is 35.5. The quantitative estimate of drug-likeness (QED) is 0.908. The summed E-state index contributed by atoms with van der Waals surface area (Å²) >= 11 is 6.38. The number of halogens is 1. The van der Waals surface area contributed by atoms with Crippen molar-refractivity contribution in [1.82, 2.24) is 4.90 Å². The first-order chi connectivity index (χ1) is 8.52. The van der Waals surface area contributed by atoms with E-state index in [1.165, 1.54) is 11.1 Å². The van der Waals surface area contributed by atoms with Crippen LogP contribution in [0.1, 0.15) is 43.4 Å². The van der Waals surface area contributed by atoms with Gasteiger partial charge in [0.05, 0.1) is 0 Å². The second-order valence-electron chi connectivity index (χ2n) is 5.73. The molecule has 0 aromatic heterocycles. The van der Waals surface area contributed by atoms with E-state index in [0.717, 1.165) is 24.5 Å². The van der Waals surface area contributed by atoms with Gasteiger partial charge in [0.2, 0.25) is 0 Å². The van der Waals surface area contributed by atoms with Crippen LogP contribution in [0.25, 0.3) is 0 Å². The van der Waals surface area contributed by atoms with E-state index in [4.69, 9.17) is 17.3 Å². The SMILES string of the molecule is CC(C)c1ccc(C2CC(CN)CN2C)cc1Cl. The van der Waals surface area contributed by atoms with Gasteiger partial charge in [0, 0.05) is 17.6 Å². The van der Waals surface area contributed by atoms with Gasteiger partial charge in [-0.3, -0.25) is 4.90 Å². The first-order valence-electron chi connectivity index (χ1n) is 6.72. The molecular formula is C15H23ClN2. The van der Waals surface area contributed by atoms with Gasteiger partial charge in [-0.15, -0.1) is 0 Å². The lowest BCUT2D eigenvalue weighted by Crippen LogP contribution is -2.20. The van der Waals surface area contributed by atoms with Gasteiger partial charge in [0.15, 0.2) is 0 Å². The Morgan fingerprint density at radius 3 is 2.67 bits per heavy atom. The van der Waals surface area contributed by atoms with Crippen LogP contribution in [0.2, 0.25) is 5.02 Å². The van der Waals surface area contributed by atoms with Gasteiger partial charge in [-0.1, -0.05) is 37.6 Å². The van der Waals surface area contributed by atoms with E-state index in [0.29, 0.717) is 17.9 Å². The zero-order valence-electron chi connectivity index (χ0n) is 11.5. The average molecular weight is 267 g/mol. The van der Waals surface area contributed by atoms with Gasteiger partial charge in [-0.25, -0.2) is 0 Å². The zero-order valence-corrected chi connectivity index (χ0v) is 12.2. The summed E-state index contributed by atoms with van der Waals surface area (Å²) < 4.78 is 0. The summed E-state index contributed by atoms with van der Waals surface area (Å²) in [5, 5.41) is 0.895. The van der Waals surface area contributed by atoms with Gasteiger partial charge in [-0.05, 0) is 49.0 Å². The van der Waals surface area contributed by atoms with Crippen LogP contribution in [0.15, 0.2) is 18.2 Å². The Bertz CT molecular complexity index is 417. The van der Waals surface area contributed by atoms with Crippen molar-refractivity contribution < 1.29 is 0 Å². The van der Waals surface area contributed by atoms with Crippen LogP contribution >= 0.6 is 11.6 Å². The van der Waals surface area contributed by atoms with Gasteiger partial charge in [-0.2, -0.15) is 0 Å². The molecule has 0 amide bonds. The molecule has 0 aliphatic carbocycles. The first-order valence-corrected chi connectivity index (χ1v) is 7.10. The molecule has 1 aliphatic heterocycles. The molecule has 1 aromatic carbocycles. The summed E-state index contributed by atoms with van der Waals surface area (Å²) in [6, 6.07) is 7.00. The van der Waals surface area contributed by atoms with E-state index in [-0.39, 0.29) is 0 Å². The van der Waals surface area contributed by atoms with Crippen molar-refractivity contribution >= 4 is 11.6 Å². The van der Waals surface area contributed by atoms with Crippen LogP contribution in [0.4, 0.5) is 0 Å². The monoisotopic (exact) mass is 266 g/mol. The predicted octanol–water partition coefficient (Wildman–Crippen LogP) is 3.41. The highest BCUT2D eigenvalue weighted by Gasteiger charge is 2.29. The number of nitrogens with two attached hydrogens (primary N) is 1. The fourth-order valence-electron chi connectivity index (χ4n) is 2.88. The fourth-order valence-corrected chi connectivity index (χ4v) is 3.29. The third-order valence-electron chi connectivity index (χ3n) is 4.00. The number of likely N-dealkylation sites (tertiary alicyclic amines) is 1. The van der Waals surface area contributed by atoms with E-state index in [1.54, 1.807) is 0 Å². The summed E-state index contributed by atoms with van der Waals surface area (Å²) in [5.41, 5.74) is 8.33. The maximum Gasteiger partial charge on any atom is 0.0443 e. The van der Waals surface area contributed by atoms with Crippen molar-refractivity contribution in [2.75, 3.05) is 20.1 Å². The molecule has 1 heterocycles. The van der Waals surface area contributed by atoms with Crippen LogP contribution in [0, 0.1) is 5.92 Å². The molecule has 0 bridgehead atoms. The van der Waals surface area contributed by atoms with E-state index >= 15 is 0 Å². The molecule has 0 saturated carbocycles. The summed E-state index contributed by atoms with van der Waals surface area (Å²) in [7, 11) is 2.17. The topological polar surface area (TPSA) is 29.3 Å². The number of benzene rings is 1. The molecule has 1 aromatic rings. The number of nitrogens with zero attached hydrogens (tertiary/aromatic N) is 1. The Kier molecular flexibility index (Phi) is 4.31. The van der Waals surface area contributed by atoms with Crippen LogP contribution in [0.5, 0.6) is 0 Å². The van der Waals surface area contributed by atoms with Crippen molar-refractivity contribution in [1.29, 1.82) is 0 Å². The Balaban J connectivity index is 2.22. The highest BCUT2D eigenvalue weighted by Crippen LogP contribution is 2.36. The molecule has 2 rings (SSSR count). The summed E-state index contributed by atoms with van der Waals surface area (Å²) in [5.74, 6) is 1.09. The molecule has 18 heavy (non-hydrogen) atoms. The van der Waals surface area contributed by atoms with Crippen LogP contribution in [0.3, 0.4) is 0 Å². The summed E-state index contributed by atoms with van der Waals surface area (Å²) in [4.78, 5) is 2.39. The molecule has 1 saturated heterocycles. The van der Waals surface area contributed by atoms with Gasteiger partial charge in [0.1, 0.15) is 0 Å². The zero-order chi connectivity index (χ0) is 13.3. The molecule has 1 aliphatic rings. The van der Waals surface area contributed by atoms with Crippen molar-refractivity contribution in [3.63, 3.8) is 0 Å². The Hall–Kier alpha value is -0.570. The summed E-state index contributed by atoms with van der Waals surface area (Å²) in [6.45, 7) is 6.21. The second-order valence-corrected chi connectivity index (χ2v) is 6.14. The molecule has 1 fully saturated rings. The molecule has 100 valence electrons. The van der Waals surface area contributed by atoms with Gasteiger partial charge >= 0.3 is 0 Å². The Labute approximate surface area is 115 Å². The minimum absolute atomic E-state index is 0.470. The first kappa shape index (κ1) is 13.9. The lowest BCUT2D eigenvalue weighted by atomic mass is 9.96. The molecule has 0 radical (unpaired) electrons. The third-order valence-corrected chi connectivity index (χ3v) is 4.33. The molecule has 2 atom stereocenters. The average Bonchev–Trinajstić information content (AvgIpc) is 2.70. The van der Waals surface area contributed by atoms with Gasteiger partial charge in [0.25, 0.3) is 0 Å².